The van der Waals surface area contributed by atoms with Crippen molar-refractivity contribution in [1.82, 2.24) is 14.7 Å². The fourth-order valence-electron chi connectivity index (χ4n) is 2.36. The zero-order chi connectivity index (χ0) is 17.2. The highest BCUT2D eigenvalue weighted by Gasteiger charge is 2.31. The van der Waals surface area contributed by atoms with E-state index in [0.717, 1.165) is 12.6 Å². The van der Waals surface area contributed by atoms with Crippen LogP contribution in [0.25, 0.3) is 0 Å². The third kappa shape index (κ3) is 4.33. The Morgan fingerprint density at radius 3 is 2.78 bits per heavy atom. The van der Waals surface area contributed by atoms with E-state index in [-0.39, 0.29) is 17.7 Å². The molecule has 2 rings (SSSR count). The zero-order valence-electron chi connectivity index (χ0n) is 13.8. The number of amides is 1. The monoisotopic (exact) mass is 326 g/mol. The van der Waals surface area contributed by atoms with E-state index in [0.29, 0.717) is 19.5 Å². The second-order valence-corrected chi connectivity index (χ2v) is 6.52. The molecule has 0 spiro atoms. The van der Waals surface area contributed by atoms with Gasteiger partial charge in [0.05, 0.1) is 11.5 Å². The second kappa shape index (κ2) is 6.43. The summed E-state index contributed by atoms with van der Waals surface area (Å²) in [5.41, 5.74) is -0.743. The van der Waals surface area contributed by atoms with E-state index in [4.69, 9.17) is 9.47 Å². The van der Waals surface area contributed by atoms with Gasteiger partial charge in [0, 0.05) is 13.6 Å². The molecule has 0 aliphatic carbocycles. The summed E-state index contributed by atoms with van der Waals surface area (Å²) < 4.78 is 12.4. The molecule has 1 saturated heterocycles. The van der Waals surface area contributed by atoms with Crippen molar-refractivity contribution in [3.63, 3.8) is 0 Å². The Bertz CT molecular complexity index is 592. The van der Waals surface area contributed by atoms with Crippen LogP contribution < -0.4 is 4.74 Å². The van der Waals surface area contributed by atoms with Gasteiger partial charge < -0.3 is 14.4 Å². The third-order valence-corrected chi connectivity index (χ3v) is 3.37. The van der Waals surface area contributed by atoms with Gasteiger partial charge in [0.1, 0.15) is 17.9 Å². The molecule has 1 atom stereocenters. The van der Waals surface area contributed by atoms with Crippen LogP contribution in [0.2, 0.25) is 0 Å². The predicted molar refractivity (Wildman–Crippen MR) is 81.3 cm³/mol. The van der Waals surface area contributed by atoms with Gasteiger partial charge in [0.25, 0.3) is 5.88 Å². The molecule has 0 N–H and O–H groups in total. The normalized spacial score (nSPS) is 18.6. The number of hydrogen-bond acceptors (Lipinski definition) is 6. The number of hydrogen-bond donors (Lipinski definition) is 0. The molecule has 0 radical (unpaired) electrons. The fourth-order valence-corrected chi connectivity index (χ4v) is 2.36. The van der Waals surface area contributed by atoms with Crippen molar-refractivity contribution >= 4 is 11.8 Å². The summed E-state index contributed by atoms with van der Waals surface area (Å²) in [4.78, 5) is 24.2. The molecule has 1 amide bonds. The zero-order valence-corrected chi connectivity index (χ0v) is 13.8. The smallest absolute Gasteiger partial charge is 0.410 e. The molecule has 1 aromatic rings. The number of rotatable bonds is 3. The van der Waals surface area contributed by atoms with Crippen molar-refractivity contribution in [2.75, 3.05) is 13.1 Å². The van der Waals surface area contributed by atoms with Gasteiger partial charge in [-0.2, -0.15) is 5.10 Å². The summed E-state index contributed by atoms with van der Waals surface area (Å²) in [6, 6.07) is 0. The first-order valence-corrected chi connectivity index (χ1v) is 7.48. The number of aryl methyl sites for hydroxylation is 1. The molecule has 1 aromatic heterocycles. The predicted octanol–water partition coefficient (Wildman–Crippen LogP) is 2.11. The standard InChI is InChI=1S/C14H22N4O5/c1-14(2,3)23-13(19)17-7-5-6-10(9-17)22-12-11(18(20)21)8-15-16(12)4/h8,10H,5-7,9H2,1-4H3/t10-/m0/s1. The molecule has 1 fully saturated rings. The Labute approximate surface area is 134 Å². The minimum atomic E-state index is -0.564. The quantitative estimate of drug-likeness (QED) is 0.623. The minimum Gasteiger partial charge on any atom is -0.468 e. The highest BCUT2D eigenvalue weighted by molar-refractivity contribution is 5.68. The van der Waals surface area contributed by atoms with Crippen LogP contribution in [0.15, 0.2) is 6.20 Å². The van der Waals surface area contributed by atoms with E-state index in [1.165, 1.54) is 4.68 Å². The van der Waals surface area contributed by atoms with Gasteiger partial charge in [-0.3, -0.25) is 10.1 Å². The number of nitrogens with zero attached hydrogens (tertiary/aromatic N) is 4. The van der Waals surface area contributed by atoms with Gasteiger partial charge in [-0.25, -0.2) is 9.48 Å². The number of nitro groups is 1. The Hall–Kier alpha value is -2.32. The maximum atomic E-state index is 12.1. The van der Waals surface area contributed by atoms with Crippen LogP contribution in [-0.4, -0.2) is 50.5 Å². The Kier molecular flexibility index (Phi) is 4.76. The summed E-state index contributed by atoms with van der Waals surface area (Å²) in [5, 5.41) is 14.8. The molecular weight excluding hydrogens is 304 g/mol. The molecule has 9 nitrogen and oxygen atoms in total. The molecule has 0 aromatic carbocycles. The molecular formula is C14H22N4O5. The van der Waals surface area contributed by atoms with Gasteiger partial charge in [-0.05, 0) is 33.6 Å². The summed E-state index contributed by atoms with van der Waals surface area (Å²) in [5.74, 6) is 0.103. The molecule has 1 aliphatic heterocycles. The van der Waals surface area contributed by atoms with Gasteiger partial charge >= 0.3 is 11.8 Å². The summed E-state index contributed by atoms with van der Waals surface area (Å²) >= 11 is 0. The van der Waals surface area contributed by atoms with Gasteiger partial charge in [-0.1, -0.05) is 0 Å². The molecule has 23 heavy (non-hydrogen) atoms. The number of carbonyl (C=O) groups excluding carboxylic acids is 1. The number of likely N-dealkylation sites (tertiary alicyclic amines) is 1. The lowest BCUT2D eigenvalue weighted by Gasteiger charge is -2.33. The number of piperidine rings is 1. The van der Waals surface area contributed by atoms with Crippen molar-refractivity contribution < 1.29 is 19.2 Å². The van der Waals surface area contributed by atoms with E-state index in [1.807, 2.05) is 20.8 Å². The molecule has 9 heteroatoms. The Balaban J connectivity index is 2.03. The Morgan fingerprint density at radius 1 is 1.48 bits per heavy atom. The summed E-state index contributed by atoms with van der Waals surface area (Å²) in [6.07, 6.45) is 1.89. The van der Waals surface area contributed by atoms with Gasteiger partial charge in [-0.15, -0.1) is 0 Å². The molecule has 0 bridgehead atoms. The van der Waals surface area contributed by atoms with E-state index >= 15 is 0 Å². The van der Waals surface area contributed by atoms with Crippen LogP contribution in [0.5, 0.6) is 5.88 Å². The average Bonchev–Trinajstić information content (AvgIpc) is 2.79. The van der Waals surface area contributed by atoms with Crippen molar-refractivity contribution in [1.29, 1.82) is 0 Å². The van der Waals surface area contributed by atoms with Crippen LogP contribution in [0.1, 0.15) is 33.6 Å². The largest absolute Gasteiger partial charge is 0.468 e. The number of ether oxygens (including phenoxy) is 2. The molecule has 1 aliphatic rings. The van der Waals surface area contributed by atoms with Crippen molar-refractivity contribution in [2.45, 2.75) is 45.3 Å². The maximum Gasteiger partial charge on any atom is 0.410 e. The van der Waals surface area contributed by atoms with Gasteiger partial charge in [0.2, 0.25) is 0 Å². The average molecular weight is 326 g/mol. The van der Waals surface area contributed by atoms with E-state index in [1.54, 1.807) is 11.9 Å². The highest BCUT2D eigenvalue weighted by Crippen LogP contribution is 2.28. The lowest BCUT2D eigenvalue weighted by molar-refractivity contribution is -0.386. The molecule has 0 saturated carbocycles. The highest BCUT2D eigenvalue weighted by atomic mass is 16.6. The van der Waals surface area contributed by atoms with E-state index in [9.17, 15) is 14.9 Å². The van der Waals surface area contributed by atoms with Gasteiger partial charge in [0.15, 0.2) is 0 Å². The Morgan fingerprint density at radius 2 is 2.17 bits per heavy atom. The SMILES string of the molecule is Cn1ncc([N+](=O)[O-])c1O[C@H]1CCCN(C(=O)OC(C)(C)C)C1. The van der Waals surface area contributed by atoms with Crippen molar-refractivity contribution in [2.24, 2.45) is 7.05 Å². The minimum absolute atomic E-state index is 0.103. The van der Waals surface area contributed by atoms with Crippen LogP contribution in [0.3, 0.4) is 0 Å². The lowest BCUT2D eigenvalue weighted by Crippen LogP contribution is -2.46. The van der Waals surface area contributed by atoms with E-state index in [2.05, 4.69) is 5.10 Å². The maximum absolute atomic E-state index is 12.1. The van der Waals surface area contributed by atoms with Crippen molar-refractivity contribution in [3.05, 3.63) is 16.3 Å². The second-order valence-electron chi connectivity index (χ2n) is 6.52. The third-order valence-electron chi connectivity index (χ3n) is 3.37. The first-order chi connectivity index (χ1) is 10.7. The number of aromatic nitrogens is 2. The van der Waals surface area contributed by atoms with Crippen molar-refractivity contribution in [3.8, 4) is 5.88 Å². The fraction of sp³-hybridized carbons (Fsp3) is 0.714. The molecule has 0 unspecified atom stereocenters. The first kappa shape index (κ1) is 17.0. The summed E-state index contributed by atoms with van der Waals surface area (Å²) in [7, 11) is 1.58. The van der Waals surface area contributed by atoms with Crippen LogP contribution in [0.4, 0.5) is 10.5 Å². The lowest BCUT2D eigenvalue weighted by atomic mass is 10.1. The topological polar surface area (TPSA) is 99.7 Å². The van der Waals surface area contributed by atoms with Crippen LogP contribution in [-0.2, 0) is 11.8 Å². The molecule has 128 valence electrons. The molecule has 2 heterocycles. The first-order valence-electron chi connectivity index (χ1n) is 7.48. The summed E-state index contributed by atoms with van der Waals surface area (Å²) in [6.45, 7) is 6.34. The van der Waals surface area contributed by atoms with E-state index < -0.39 is 16.6 Å². The van der Waals surface area contributed by atoms with Crippen LogP contribution >= 0.6 is 0 Å². The number of carbonyl (C=O) groups is 1. The van der Waals surface area contributed by atoms with Crippen LogP contribution in [0, 0.1) is 10.1 Å².